The third-order valence-electron chi connectivity index (χ3n) is 3.93. The van der Waals surface area contributed by atoms with Crippen LogP contribution in [0.4, 0.5) is 15.6 Å². The van der Waals surface area contributed by atoms with Gasteiger partial charge in [-0.05, 0) is 26.0 Å². The highest BCUT2D eigenvalue weighted by molar-refractivity contribution is 7.17. The minimum Gasteiger partial charge on any atom is -0.462 e. The van der Waals surface area contributed by atoms with Crippen LogP contribution in [0.15, 0.2) is 30.3 Å². The maximum atomic E-state index is 12.5. The molecule has 10 heteroatoms. The standard InChI is InChI=1S/C18H18N4O5S/c1-3-27-16(25)15-11(2)19-17(28-15)20-13(23)9-22-14(24)10-21(18(22)26)12-7-5-4-6-8-12/h4-8H,3,9-10H2,1-2H3,(H,19,20,23). The predicted molar refractivity (Wildman–Crippen MR) is 102 cm³/mol. The lowest BCUT2D eigenvalue weighted by Gasteiger charge is -2.16. The van der Waals surface area contributed by atoms with Crippen molar-refractivity contribution in [3.05, 3.63) is 40.9 Å². The first-order valence-corrected chi connectivity index (χ1v) is 9.33. The molecule has 1 aliphatic heterocycles. The van der Waals surface area contributed by atoms with Crippen molar-refractivity contribution < 1.29 is 23.9 Å². The van der Waals surface area contributed by atoms with Gasteiger partial charge >= 0.3 is 12.0 Å². The highest BCUT2D eigenvalue weighted by Crippen LogP contribution is 2.24. The van der Waals surface area contributed by atoms with E-state index >= 15 is 0 Å². The Balaban J connectivity index is 1.65. The van der Waals surface area contributed by atoms with E-state index < -0.39 is 30.4 Å². The molecule has 0 bridgehead atoms. The number of ether oxygens (including phenoxy) is 1. The Morgan fingerprint density at radius 2 is 1.96 bits per heavy atom. The molecule has 1 N–H and O–H groups in total. The van der Waals surface area contributed by atoms with Crippen LogP contribution in [0, 0.1) is 6.92 Å². The van der Waals surface area contributed by atoms with Gasteiger partial charge in [-0.2, -0.15) is 0 Å². The van der Waals surface area contributed by atoms with Gasteiger partial charge in [0.25, 0.3) is 5.91 Å². The summed E-state index contributed by atoms with van der Waals surface area (Å²) in [4.78, 5) is 55.4. The summed E-state index contributed by atoms with van der Waals surface area (Å²) in [5, 5.41) is 2.72. The predicted octanol–water partition coefficient (Wildman–Crippen LogP) is 2.04. The fourth-order valence-electron chi connectivity index (χ4n) is 2.64. The van der Waals surface area contributed by atoms with Gasteiger partial charge in [0.05, 0.1) is 12.3 Å². The van der Waals surface area contributed by atoms with Crippen molar-refractivity contribution in [1.29, 1.82) is 0 Å². The highest BCUT2D eigenvalue weighted by Gasteiger charge is 2.38. The van der Waals surface area contributed by atoms with Gasteiger partial charge < -0.3 is 10.1 Å². The molecule has 2 aromatic rings. The number of esters is 1. The zero-order chi connectivity index (χ0) is 20.3. The normalized spacial score (nSPS) is 13.8. The number of carbonyl (C=O) groups is 4. The summed E-state index contributed by atoms with van der Waals surface area (Å²) in [5.41, 5.74) is 1.01. The molecule has 1 aromatic carbocycles. The van der Waals surface area contributed by atoms with Crippen molar-refractivity contribution in [1.82, 2.24) is 9.88 Å². The minimum atomic E-state index is -0.583. The van der Waals surface area contributed by atoms with Crippen LogP contribution in [0.2, 0.25) is 0 Å². The third-order valence-corrected chi connectivity index (χ3v) is 4.98. The molecule has 0 spiro atoms. The molecular weight excluding hydrogens is 384 g/mol. The van der Waals surface area contributed by atoms with Gasteiger partial charge in [0.2, 0.25) is 5.91 Å². The van der Waals surface area contributed by atoms with E-state index in [2.05, 4.69) is 10.3 Å². The zero-order valence-electron chi connectivity index (χ0n) is 15.3. The first-order valence-electron chi connectivity index (χ1n) is 8.52. The summed E-state index contributed by atoms with van der Waals surface area (Å²) in [6.07, 6.45) is 0. The Morgan fingerprint density at radius 1 is 1.25 bits per heavy atom. The molecule has 1 fully saturated rings. The molecule has 0 saturated carbocycles. The number of para-hydroxylation sites is 1. The molecular formula is C18H18N4O5S. The van der Waals surface area contributed by atoms with E-state index in [4.69, 9.17) is 4.74 Å². The van der Waals surface area contributed by atoms with Gasteiger partial charge in [-0.3, -0.25) is 19.4 Å². The minimum absolute atomic E-state index is 0.126. The van der Waals surface area contributed by atoms with E-state index in [9.17, 15) is 19.2 Å². The number of thiazole rings is 1. The number of nitrogens with one attached hydrogen (secondary N) is 1. The molecule has 1 aromatic heterocycles. The lowest BCUT2D eigenvalue weighted by atomic mass is 10.3. The summed E-state index contributed by atoms with van der Waals surface area (Å²) in [5.74, 6) is -1.56. The van der Waals surface area contributed by atoms with Gasteiger partial charge in [-0.1, -0.05) is 29.5 Å². The van der Waals surface area contributed by atoms with Gasteiger partial charge in [-0.25, -0.2) is 14.6 Å². The van der Waals surface area contributed by atoms with Crippen LogP contribution >= 0.6 is 11.3 Å². The number of carbonyl (C=O) groups excluding carboxylic acids is 4. The highest BCUT2D eigenvalue weighted by atomic mass is 32.1. The molecule has 4 amide bonds. The first kappa shape index (κ1) is 19.5. The topological polar surface area (TPSA) is 109 Å². The van der Waals surface area contributed by atoms with Crippen LogP contribution < -0.4 is 10.2 Å². The Labute approximate surface area is 164 Å². The maximum absolute atomic E-state index is 12.5. The van der Waals surface area contributed by atoms with E-state index in [0.717, 1.165) is 16.2 Å². The zero-order valence-corrected chi connectivity index (χ0v) is 16.1. The van der Waals surface area contributed by atoms with Crippen molar-refractivity contribution in [3.8, 4) is 0 Å². The average Bonchev–Trinajstić information content (AvgIpc) is 3.16. The molecule has 28 heavy (non-hydrogen) atoms. The van der Waals surface area contributed by atoms with Crippen molar-refractivity contribution >= 4 is 46.0 Å². The molecule has 2 heterocycles. The Kier molecular flexibility index (Phi) is 5.69. The number of amides is 4. The van der Waals surface area contributed by atoms with Crippen LogP contribution in [0.1, 0.15) is 22.3 Å². The van der Waals surface area contributed by atoms with Crippen molar-refractivity contribution in [3.63, 3.8) is 0 Å². The van der Waals surface area contributed by atoms with Crippen LogP contribution in [0.3, 0.4) is 0 Å². The number of hydrogen-bond donors (Lipinski definition) is 1. The fourth-order valence-corrected chi connectivity index (χ4v) is 3.52. The van der Waals surface area contributed by atoms with E-state index in [-0.39, 0.29) is 18.3 Å². The summed E-state index contributed by atoms with van der Waals surface area (Å²) < 4.78 is 4.93. The van der Waals surface area contributed by atoms with Crippen LogP contribution in [0.5, 0.6) is 0 Å². The third kappa shape index (κ3) is 4.01. The van der Waals surface area contributed by atoms with Crippen molar-refractivity contribution in [2.75, 3.05) is 29.9 Å². The molecule has 146 valence electrons. The molecule has 0 radical (unpaired) electrons. The number of hydrogen-bond acceptors (Lipinski definition) is 7. The molecule has 1 aliphatic rings. The number of rotatable bonds is 6. The lowest BCUT2D eigenvalue weighted by molar-refractivity contribution is -0.128. The average molecular weight is 402 g/mol. The lowest BCUT2D eigenvalue weighted by Crippen LogP contribution is -2.39. The van der Waals surface area contributed by atoms with E-state index in [1.165, 1.54) is 4.90 Å². The first-order chi connectivity index (χ1) is 13.4. The molecule has 0 atom stereocenters. The second kappa shape index (κ2) is 8.17. The van der Waals surface area contributed by atoms with Crippen LogP contribution in [-0.2, 0) is 14.3 Å². The van der Waals surface area contributed by atoms with Gasteiger partial charge in [-0.15, -0.1) is 0 Å². The molecule has 0 aliphatic carbocycles. The number of urea groups is 1. The Morgan fingerprint density at radius 3 is 2.64 bits per heavy atom. The number of imide groups is 1. The number of aromatic nitrogens is 1. The van der Waals surface area contributed by atoms with Crippen molar-refractivity contribution in [2.45, 2.75) is 13.8 Å². The fraction of sp³-hybridized carbons (Fsp3) is 0.278. The number of anilines is 2. The SMILES string of the molecule is CCOC(=O)c1sc(NC(=O)CN2C(=O)CN(c3ccccc3)C2=O)nc1C. The molecule has 1 saturated heterocycles. The molecule has 9 nitrogen and oxygen atoms in total. The quantitative estimate of drug-likeness (QED) is 0.585. The summed E-state index contributed by atoms with van der Waals surface area (Å²) in [6, 6.07) is 8.18. The monoisotopic (exact) mass is 402 g/mol. The number of benzene rings is 1. The van der Waals surface area contributed by atoms with E-state index in [1.54, 1.807) is 44.2 Å². The largest absolute Gasteiger partial charge is 0.462 e. The number of aryl methyl sites for hydroxylation is 1. The van der Waals surface area contributed by atoms with Crippen LogP contribution in [-0.4, -0.2) is 53.4 Å². The van der Waals surface area contributed by atoms with Gasteiger partial charge in [0.1, 0.15) is 18.0 Å². The summed E-state index contributed by atoms with van der Waals surface area (Å²) in [7, 11) is 0. The van der Waals surface area contributed by atoms with Crippen molar-refractivity contribution in [2.24, 2.45) is 0 Å². The summed E-state index contributed by atoms with van der Waals surface area (Å²) in [6.45, 7) is 2.99. The van der Waals surface area contributed by atoms with E-state index in [1.807, 2.05) is 0 Å². The molecule has 3 rings (SSSR count). The van der Waals surface area contributed by atoms with E-state index in [0.29, 0.717) is 16.3 Å². The second-order valence-corrected chi connectivity index (χ2v) is 6.89. The second-order valence-electron chi connectivity index (χ2n) is 5.89. The summed E-state index contributed by atoms with van der Waals surface area (Å²) >= 11 is 0.976. The van der Waals surface area contributed by atoms with Gasteiger partial charge in [0.15, 0.2) is 5.13 Å². The van der Waals surface area contributed by atoms with Gasteiger partial charge in [0, 0.05) is 5.69 Å². The maximum Gasteiger partial charge on any atom is 0.350 e. The molecule has 0 unspecified atom stereocenters. The smallest absolute Gasteiger partial charge is 0.350 e. The Hall–Kier alpha value is -3.27. The number of nitrogens with zero attached hydrogens (tertiary/aromatic N) is 3. The Bertz CT molecular complexity index is 927. The van der Waals surface area contributed by atoms with Crippen LogP contribution in [0.25, 0.3) is 0 Å².